The zero-order valence-corrected chi connectivity index (χ0v) is 20.1. The molecule has 176 valence electrons. The molecule has 1 aliphatic rings. The number of nitrogens with zero attached hydrogens (tertiary/aromatic N) is 2. The highest BCUT2D eigenvalue weighted by molar-refractivity contribution is 7.99. The number of nitrogens with one attached hydrogen (secondary N) is 1. The van der Waals surface area contributed by atoms with Gasteiger partial charge in [0.25, 0.3) is 11.5 Å². The fourth-order valence-corrected chi connectivity index (χ4v) is 5.07. The number of hydrogen-bond acceptors (Lipinski definition) is 5. The molecule has 1 N–H and O–H groups in total. The van der Waals surface area contributed by atoms with Crippen LogP contribution in [0.5, 0.6) is 5.75 Å². The quantitative estimate of drug-likeness (QED) is 0.408. The Hall–Kier alpha value is -3.84. The number of ether oxygens (including phenoxy) is 1. The van der Waals surface area contributed by atoms with E-state index < -0.39 is 0 Å². The number of amides is 1. The van der Waals surface area contributed by atoms with E-state index in [0.717, 1.165) is 29.9 Å². The molecule has 4 aromatic rings. The van der Waals surface area contributed by atoms with Crippen molar-refractivity contribution < 1.29 is 9.53 Å². The van der Waals surface area contributed by atoms with E-state index in [9.17, 15) is 9.59 Å². The van der Waals surface area contributed by atoms with Gasteiger partial charge in [-0.2, -0.15) is 9.78 Å². The van der Waals surface area contributed by atoms with E-state index >= 15 is 0 Å². The average Bonchev–Trinajstić information content (AvgIpc) is 2.90. The van der Waals surface area contributed by atoms with Crippen molar-refractivity contribution in [2.24, 2.45) is 0 Å². The van der Waals surface area contributed by atoms with Gasteiger partial charge in [-0.3, -0.25) is 9.59 Å². The lowest BCUT2D eigenvalue weighted by molar-refractivity contribution is 0.0932. The number of benzene rings is 3. The molecule has 6 nitrogen and oxygen atoms in total. The summed E-state index contributed by atoms with van der Waals surface area (Å²) in [5.74, 6) is 0.659. The van der Waals surface area contributed by atoms with Gasteiger partial charge in [0.2, 0.25) is 0 Å². The third-order valence-corrected chi connectivity index (χ3v) is 7.04. The first-order valence-corrected chi connectivity index (χ1v) is 12.3. The molecule has 0 aliphatic heterocycles. The zero-order valence-electron chi connectivity index (χ0n) is 19.3. The number of fused-ring (bicyclic) bond motifs is 1. The van der Waals surface area contributed by atoms with Crippen LogP contribution in [0.3, 0.4) is 0 Å². The van der Waals surface area contributed by atoms with E-state index in [1.807, 2.05) is 36.4 Å². The second-order valence-electron chi connectivity index (χ2n) is 8.36. The topological polar surface area (TPSA) is 73.2 Å². The van der Waals surface area contributed by atoms with Crippen LogP contribution in [0.15, 0.2) is 99.6 Å². The summed E-state index contributed by atoms with van der Waals surface area (Å²) in [6.45, 7) is 0. The molecule has 0 saturated carbocycles. The third-order valence-electron chi connectivity index (χ3n) is 6.11. The number of rotatable bonds is 6. The minimum atomic E-state index is -0.236. The Morgan fingerprint density at radius 3 is 2.54 bits per heavy atom. The van der Waals surface area contributed by atoms with E-state index in [0.29, 0.717) is 16.3 Å². The van der Waals surface area contributed by atoms with Gasteiger partial charge in [-0.25, -0.2) is 0 Å². The van der Waals surface area contributed by atoms with Gasteiger partial charge < -0.3 is 10.1 Å². The Balaban J connectivity index is 1.31. The van der Waals surface area contributed by atoms with E-state index in [2.05, 4.69) is 22.5 Å². The summed E-state index contributed by atoms with van der Waals surface area (Å²) in [4.78, 5) is 26.4. The molecule has 0 fully saturated rings. The SMILES string of the molecule is COc1ccc(Sc2ccc(=O)n(-c3ccc(C(=O)N[C@@H]4CCCc5ccccc54)cc3)n2)cc1. The maximum Gasteiger partial charge on any atom is 0.271 e. The van der Waals surface area contributed by atoms with Crippen LogP contribution in [0.2, 0.25) is 0 Å². The first kappa shape index (κ1) is 22.9. The normalized spacial score (nSPS) is 14.7. The van der Waals surface area contributed by atoms with E-state index in [-0.39, 0.29) is 17.5 Å². The first-order valence-electron chi connectivity index (χ1n) is 11.5. The van der Waals surface area contributed by atoms with Gasteiger partial charge in [-0.1, -0.05) is 36.0 Å². The fraction of sp³-hybridized carbons (Fsp3) is 0.179. The Bertz CT molecular complexity index is 1400. The molecule has 1 aromatic heterocycles. The molecule has 1 aliphatic carbocycles. The Kier molecular flexibility index (Phi) is 6.68. The summed E-state index contributed by atoms with van der Waals surface area (Å²) in [5, 5.41) is 8.37. The summed E-state index contributed by atoms with van der Waals surface area (Å²) >= 11 is 1.46. The van der Waals surface area contributed by atoms with Gasteiger partial charge in [0, 0.05) is 16.5 Å². The summed E-state index contributed by atoms with van der Waals surface area (Å²) < 4.78 is 6.55. The minimum absolute atomic E-state index is 0.0167. The number of hydrogen-bond donors (Lipinski definition) is 1. The maximum atomic E-state index is 12.9. The lowest BCUT2D eigenvalue weighted by Crippen LogP contribution is -2.31. The molecular formula is C28H25N3O3S. The predicted octanol–water partition coefficient (Wildman–Crippen LogP) is 5.20. The number of aromatic nitrogens is 2. The zero-order chi connectivity index (χ0) is 24.2. The number of carbonyl (C=O) groups is 1. The van der Waals surface area contributed by atoms with Crippen molar-refractivity contribution in [3.05, 3.63) is 112 Å². The van der Waals surface area contributed by atoms with Crippen molar-refractivity contribution in [2.45, 2.75) is 35.2 Å². The third kappa shape index (κ3) is 5.15. The number of methoxy groups -OCH3 is 1. The second kappa shape index (κ2) is 10.2. The highest BCUT2D eigenvalue weighted by Crippen LogP contribution is 2.30. The van der Waals surface area contributed by atoms with Gasteiger partial charge in [-0.05, 0) is 85.0 Å². The van der Waals surface area contributed by atoms with E-state index in [1.54, 1.807) is 37.4 Å². The monoisotopic (exact) mass is 483 g/mol. The molecule has 0 unspecified atom stereocenters. The molecule has 0 radical (unpaired) electrons. The lowest BCUT2D eigenvalue weighted by atomic mass is 9.87. The standard InChI is InChI=1S/C28H25N3O3S/c1-34-22-13-15-23(16-14-22)35-26-17-18-27(32)31(30-26)21-11-9-20(10-12-21)28(33)29-25-8-4-6-19-5-2-3-7-24(19)25/h2-3,5,7,9-18,25H,4,6,8H2,1H3,(H,29,33)/t25-/m1/s1. The molecule has 1 amide bonds. The average molecular weight is 484 g/mol. The van der Waals surface area contributed by atoms with Crippen LogP contribution in [0.25, 0.3) is 5.69 Å². The molecule has 1 heterocycles. The van der Waals surface area contributed by atoms with Gasteiger partial charge in [0.15, 0.2) is 0 Å². The Labute approximate surface area is 208 Å². The van der Waals surface area contributed by atoms with Crippen LogP contribution < -0.4 is 15.6 Å². The van der Waals surface area contributed by atoms with Crippen molar-refractivity contribution in [1.82, 2.24) is 15.1 Å². The van der Waals surface area contributed by atoms with Crippen LogP contribution in [0.1, 0.15) is 40.4 Å². The van der Waals surface area contributed by atoms with Gasteiger partial charge >= 0.3 is 0 Å². The maximum absolute atomic E-state index is 12.9. The lowest BCUT2D eigenvalue weighted by Gasteiger charge is -2.26. The Morgan fingerprint density at radius 2 is 1.77 bits per heavy atom. The summed E-state index contributed by atoms with van der Waals surface area (Å²) in [6, 6.07) is 26.1. The summed E-state index contributed by atoms with van der Waals surface area (Å²) in [5.41, 5.74) is 3.42. The molecule has 0 spiro atoms. The van der Waals surface area contributed by atoms with Crippen LogP contribution in [0.4, 0.5) is 0 Å². The van der Waals surface area contributed by atoms with Crippen molar-refractivity contribution in [3.63, 3.8) is 0 Å². The molecule has 5 rings (SSSR count). The highest BCUT2D eigenvalue weighted by atomic mass is 32.2. The van der Waals surface area contributed by atoms with Gasteiger partial charge in [0.1, 0.15) is 10.8 Å². The van der Waals surface area contributed by atoms with Crippen molar-refractivity contribution >= 4 is 17.7 Å². The van der Waals surface area contributed by atoms with Crippen molar-refractivity contribution in [1.29, 1.82) is 0 Å². The van der Waals surface area contributed by atoms with Gasteiger partial charge in [-0.15, -0.1) is 0 Å². The largest absolute Gasteiger partial charge is 0.497 e. The van der Waals surface area contributed by atoms with E-state index in [1.165, 1.54) is 33.6 Å². The summed E-state index contributed by atoms with van der Waals surface area (Å²) in [6.07, 6.45) is 3.04. The van der Waals surface area contributed by atoms with Crippen LogP contribution in [0, 0.1) is 0 Å². The molecule has 35 heavy (non-hydrogen) atoms. The van der Waals surface area contributed by atoms with Crippen LogP contribution in [-0.4, -0.2) is 22.8 Å². The first-order chi connectivity index (χ1) is 17.1. The number of carbonyl (C=O) groups excluding carboxylic acids is 1. The smallest absolute Gasteiger partial charge is 0.271 e. The van der Waals surface area contributed by atoms with Crippen LogP contribution >= 0.6 is 11.8 Å². The highest BCUT2D eigenvalue weighted by Gasteiger charge is 2.22. The Morgan fingerprint density at radius 1 is 1.00 bits per heavy atom. The van der Waals surface area contributed by atoms with Gasteiger partial charge in [0.05, 0.1) is 18.8 Å². The molecule has 0 bridgehead atoms. The molecule has 3 aromatic carbocycles. The second-order valence-corrected chi connectivity index (χ2v) is 9.46. The molecule has 7 heteroatoms. The predicted molar refractivity (Wildman–Crippen MR) is 137 cm³/mol. The number of aryl methyl sites for hydroxylation is 1. The molecular weight excluding hydrogens is 458 g/mol. The fourth-order valence-electron chi connectivity index (χ4n) is 4.30. The van der Waals surface area contributed by atoms with Crippen molar-refractivity contribution in [2.75, 3.05) is 7.11 Å². The van der Waals surface area contributed by atoms with Crippen LogP contribution in [-0.2, 0) is 6.42 Å². The van der Waals surface area contributed by atoms with E-state index in [4.69, 9.17) is 4.74 Å². The summed E-state index contributed by atoms with van der Waals surface area (Å²) in [7, 11) is 1.63. The molecule has 0 saturated heterocycles. The minimum Gasteiger partial charge on any atom is -0.497 e. The van der Waals surface area contributed by atoms with Crippen molar-refractivity contribution in [3.8, 4) is 11.4 Å². The molecule has 1 atom stereocenters.